The Morgan fingerprint density at radius 1 is 1.47 bits per heavy atom. The zero-order chi connectivity index (χ0) is 12.7. The topological polar surface area (TPSA) is 41.5 Å². The third kappa shape index (κ3) is 5.36. The Bertz CT molecular complexity index is 206. The highest BCUT2D eigenvalue weighted by Crippen LogP contribution is 2.36. The van der Waals surface area contributed by atoms with Crippen molar-refractivity contribution in [3.63, 3.8) is 0 Å². The molecule has 0 aromatic carbocycles. The molecule has 0 saturated heterocycles. The molecule has 0 heterocycles. The van der Waals surface area contributed by atoms with E-state index in [1.165, 1.54) is 19.3 Å². The minimum Gasteiger partial charge on any atom is -0.389 e. The molecule has 3 heteroatoms. The second-order valence-corrected chi connectivity index (χ2v) is 5.92. The first-order valence-corrected chi connectivity index (χ1v) is 7.05. The van der Waals surface area contributed by atoms with Crippen LogP contribution in [-0.4, -0.2) is 37.0 Å². The van der Waals surface area contributed by atoms with Crippen LogP contribution < -0.4 is 5.32 Å². The van der Waals surface area contributed by atoms with Crippen molar-refractivity contribution in [3.8, 4) is 0 Å². The number of hydrogen-bond acceptors (Lipinski definition) is 3. The summed E-state index contributed by atoms with van der Waals surface area (Å²) in [5.74, 6) is 0. The summed E-state index contributed by atoms with van der Waals surface area (Å²) in [6.07, 6.45) is 5.67. The molecule has 1 saturated carbocycles. The van der Waals surface area contributed by atoms with Crippen molar-refractivity contribution in [1.29, 1.82) is 0 Å². The van der Waals surface area contributed by atoms with Crippen LogP contribution in [0.15, 0.2) is 0 Å². The van der Waals surface area contributed by atoms with E-state index < -0.39 is 0 Å². The van der Waals surface area contributed by atoms with E-state index in [-0.39, 0.29) is 6.10 Å². The summed E-state index contributed by atoms with van der Waals surface area (Å²) < 4.78 is 5.41. The first-order valence-electron chi connectivity index (χ1n) is 7.05. The third-order valence-electron chi connectivity index (χ3n) is 3.81. The van der Waals surface area contributed by atoms with Gasteiger partial charge in [0.25, 0.3) is 0 Å². The van der Waals surface area contributed by atoms with E-state index in [0.29, 0.717) is 24.6 Å². The maximum Gasteiger partial charge on any atom is 0.0897 e. The summed E-state index contributed by atoms with van der Waals surface area (Å²) in [6.45, 7) is 8.63. The Morgan fingerprint density at radius 3 is 2.82 bits per heavy atom. The summed E-state index contributed by atoms with van der Waals surface area (Å²) in [5.41, 5.74) is 0.378. The van der Waals surface area contributed by atoms with E-state index in [2.05, 4.69) is 26.1 Å². The quantitative estimate of drug-likeness (QED) is 0.643. The molecule has 1 aliphatic carbocycles. The summed E-state index contributed by atoms with van der Waals surface area (Å²) >= 11 is 0. The highest BCUT2D eigenvalue weighted by atomic mass is 16.5. The zero-order valence-corrected chi connectivity index (χ0v) is 11.7. The molecule has 1 aliphatic rings. The predicted molar refractivity (Wildman–Crippen MR) is 71.2 cm³/mol. The number of aliphatic hydroxyl groups excluding tert-OH is 1. The minimum absolute atomic E-state index is 0.372. The van der Waals surface area contributed by atoms with E-state index in [0.717, 1.165) is 19.4 Å². The first kappa shape index (κ1) is 14.9. The lowest BCUT2D eigenvalue weighted by molar-refractivity contribution is 0.0328. The summed E-state index contributed by atoms with van der Waals surface area (Å²) in [5, 5.41) is 13.3. The SMILES string of the molecule is CCCCOCC(O)CNC1CCCC1(C)C. The lowest BCUT2D eigenvalue weighted by Gasteiger charge is -2.28. The van der Waals surface area contributed by atoms with Crippen molar-refractivity contribution in [3.05, 3.63) is 0 Å². The maximum atomic E-state index is 9.79. The van der Waals surface area contributed by atoms with Crippen LogP contribution >= 0.6 is 0 Å². The molecule has 2 unspecified atom stereocenters. The fraction of sp³-hybridized carbons (Fsp3) is 1.00. The molecule has 17 heavy (non-hydrogen) atoms. The van der Waals surface area contributed by atoms with Crippen LogP contribution in [0, 0.1) is 5.41 Å². The molecule has 0 aromatic rings. The van der Waals surface area contributed by atoms with Gasteiger partial charge in [-0.05, 0) is 24.7 Å². The Hall–Kier alpha value is -0.120. The molecule has 0 radical (unpaired) electrons. The monoisotopic (exact) mass is 243 g/mol. The molecule has 0 aliphatic heterocycles. The molecular formula is C14H29NO2. The van der Waals surface area contributed by atoms with Gasteiger partial charge in [-0.15, -0.1) is 0 Å². The van der Waals surface area contributed by atoms with Gasteiger partial charge in [-0.3, -0.25) is 0 Å². The normalized spacial score (nSPS) is 25.1. The van der Waals surface area contributed by atoms with Gasteiger partial charge >= 0.3 is 0 Å². The van der Waals surface area contributed by atoms with Gasteiger partial charge in [0.2, 0.25) is 0 Å². The fourth-order valence-corrected chi connectivity index (χ4v) is 2.51. The van der Waals surface area contributed by atoms with Crippen molar-refractivity contribution >= 4 is 0 Å². The Labute approximate surface area is 106 Å². The molecule has 2 N–H and O–H groups in total. The summed E-state index contributed by atoms with van der Waals surface area (Å²) in [7, 11) is 0. The van der Waals surface area contributed by atoms with E-state index in [9.17, 15) is 5.11 Å². The molecule has 1 rings (SSSR count). The van der Waals surface area contributed by atoms with Crippen molar-refractivity contribution in [2.75, 3.05) is 19.8 Å². The maximum absolute atomic E-state index is 9.79. The molecular weight excluding hydrogens is 214 g/mol. The second-order valence-electron chi connectivity index (χ2n) is 5.92. The van der Waals surface area contributed by atoms with Gasteiger partial charge in [0, 0.05) is 19.2 Å². The van der Waals surface area contributed by atoms with Crippen LogP contribution in [0.3, 0.4) is 0 Å². The molecule has 0 aromatic heterocycles. The lowest BCUT2D eigenvalue weighted by atomic mass is 9.87. The minimum atomic E-state index is -0.372. The van der Waals surface area contributed by atoms with Crippen LogP contribution in [0.5, 0.6) is 0 Å². The number of rotatable bonds is 8. The molecule has 0 amide bonds. The molecule has 3 nitrogen and oxygen atoms in total. The number of hydrogen-bond donors (Lipinski definition) is 2. The Kier molecular flexibility index (Phi) is 6.45. The van der Waals surface area contributed by atoms with E-state index in [4.69, 9.17) is 4.74 Å². The second kappa shape index (κ2) is 7.34. The highest BCUT2D eigenvalue weighted by Gasteiger charge is 2.34. The Morgan fingerprint density at radius 2 is 2.24 bits per heavy atom. The average Bonchev–Trinajstić information content (AvgIpc) is 2.61. The van der Waals surface area contributed by atoms with Crippen LogP contribution in [0.25, 0.3) is 0 Å². The molecule has 0 bridgehead atoms. The van der Waals surface area contributed by atoms with E-state index in [1.54, 1.807) is 0 Å². The van der Waals surface area contributed by atoms with Crippen LogP contribution in [-0.2, 0) is 4.74 Å². The van der Waals surface area contributed by atoms with Crippen LogP contribution in [0.2, 0.25) is 0 Å². The van der Waals surface area contributed by atoms with Gasteiger partial charge in [0.1, 0.15) is 0 Å². The predicted octanol–water partition coefficient (Wildman–Crippen LogP) is 2.33. The van der Waals surface area contributed by atoms with Crippen molar-refractivity contribution in [2.45, 2.75) is 65.0 Å². The van der Waals surface area contributed by atoms with Gasteiger partial charge in [-0.25, -0.2) is 0 Å². The van der Waals surface area contributed by atoms with Crippen LogP contribution in [0.1, 0.15) is 52.9 Å². The molecule has 2 atom stereocenters. The Balaban J connectivity index is 2.09. The summed E-state index contributed by atoms with van der Waals surface area (Å²) in [4.78, 5) is 0. The van der Waals surface area contributed by atoms with Gasteiger partial charge < -0.3 is 15.2 Å². The largest absolute Gasteiger partial charge is 0.389 e. The van der Waals surface area contributed by atoms with Crippen molar-refractivity contribution in [1.82, 2.24) is 5.32 Å². The van der Waals surface area contributed by atoms with Crippen LogP contribution in [0.4, 0.5) is 0 Å². The van der Waals surface area contributed by atoms with Crippen molar-refractivity contribution in [2.24, 2.45) is 5.41 Å². The van der Waals surface area contributed by atoms with Crippen molar-refractivity contribution < 1.29 is 9.84 Å². The number of nitrogens with one attached hydrogen (secondary N) is 1. The van der Waals surface area contributed by atoms with E-state index >= 15 is 0 Å². The van der Waals surface area contributed by atoms with Gasteiger partial charge in [-0.1, -0.05) is 33.6 Å². The smallest absolute Gasteiger partial charge is 0.0897 e. The van der Waals surface area contributed by atoms with Gasteiger partial charge in [-0.2, -0.15) is 0 Å². The number of ether oxygens (including phenoxy) is 1. The summed E-state index contributed by atoms with van der Waals surface area (Å²) in [6, 6.07) is 0.549. The lowest BCUT2D eigenvalue weighted by Crippen LogP contribution is -2.42. The third-order valence-corrected chi connectivity index (χ3v) is 3.81. The number of aliphatic hydroxyl groups is 1. The van der Waals surface area contributed by atoms with E-state index in [1.807, 2.05) is 0 Å². The first-order chi connectivity index (χ1) is 8.06. The van der Waals surface area contributed by atoms with Gasteiger partial charge in [0.05, 0.1) is 12.7 Å². The average molecular weight is 243 g/mol. The highest BCUT2D eigenvalue weighted by molar-refractivity contribution is 4.90. The number of unbranched alkanes of at least 4 members (excludes halogenated alkanes) is 1. The molecule has 0 spiro atoms. The fourth-order valence-electron chi connectivity index (χ4n) is 2.51. The molecule has 102 valence electrons. The zero-order valence-electron chi connectivity index (χ0n) is 11.7. The standard InChI is InChI=1S/C14H29NO2/c1-4-5-9-17-11-12(16)10-15-13-7-6-8-14(13,2)3/h12-13,15-16H,4-11H2,1-3H3. The van der Waals surface area contributed by atoms with Gasteiger partial charge in [0.15, 0.2) is 0 Å². The molecule has 1 fully saturated rings.